The van der Waals surface area contributed by atoms with Crippen molar-refractivity contribution in [3.63, 3.8) is 0 Å². The van der Waals surface area contributed by atoms with E-state index < -0.39 is 0 Å². The molecule has 2 amide bonds. The summed E-state index contributed by atoms with van der Waals surface area (Å²) in [7, 11) is 0. The highest BCUT2D eigenvalue weighted by atomic mass is 35.5. The second-order valence-electron chi connectivity index (χ2n) is 5.55. The lowest BCUT2D eigenvalue weighted by atomic mass is 10.2. The van der Waals surface area contributed by atoms with Crippen LogP contribution in [0.4, 0.5) is 0 Å². The number of carbonyl (C=O) groups excluding carboxylic acids is 2. The summed E-state index contributed by atoms with van der Waals surface area (Å²) < 4.78 is 0. The van der Waals surface area contributed by atoms with Crippen LogP contribution in [0.1, 0.15) is 23.7 Å². The maximum atomic E-state index is 12.5. The lowest BCUT2D eigenvalue weighted by molar-refractivity contribution is -0.122. The van der Waals surface area contributed by atoms with Gasteiger partial charge in [-0.2, -0.15) is 0 Å². The molecule has 0 bridgehead atoms. The molecule has 1 heterocycles. The van der Waals surface area contributed by atoms with Crippen LogP contribution in [0.25, 0.3) is 0 Å². The van der Waals surface area contributed by atoms with Gasteiger partial charge in [0.15, 0.2) is 0 Å². The van der Waals surface area contributed by atoms with Gasteiger partial charge in [0.1, 0.15) is 0 Å². The zero-order valence-corrected chi connectivity index (χ0v) is 14.7. The van der Waals surface area contributed by atoms with Gasteiger partial charge in [-0.05, 0) is 24.6 Å². The zero-order chi connectivity index (χ0) is 16.8. The van der Waals surface area contributed by atoms with Crippen LogP contribution in [0, 0.1) is 0 Å². The summed E-state index contributed by atoms with van der Waals surface area (Å²) in [5, 5.41) is 3.68. The Bertz CT molecular complexity index is 572. The van der Waals surface area contributed by atoms with Crippen LogP contribution in [0.5, 0.6) is 0 Å². The molecule has 1 saturated heterocycles. The first-order chi connectivity index (χ1) is 11.0. The molecule has 7 heteroatoms. The van der Waals surface area contributed by atoms with E-state index >= 15 is 0 Å². The van der Waals surface area contributed by atoms with E-state index in [0.29, 0.717) is 54.9 Å². The second-order valence-corrected chi connectivity index (χ2v) is 6.36. The lowest BCUT2D eigenvalue weighted by Crippen LogP contribution is -2.51. The molecular weight excluding hydrogens is 337 g/mol. The van der Waals surface area contributed by atoms with Crippen molar-refractivity contribution in [1.82, 2.24) is 15.1 Å². The standard InChI is InChI=1S/C16H21Cl2N3O2/c1-2-5-19-15(22)11-20-6-8-21(9-7-20)16(23)12-3-4-13(17)14(18)10-12/h3-4,10H,2,5-9,11H2,1H3,(H,19,22). The summed E-state index contributed by atoms with van der Waals surface area (Å²) in [4.78, 5) is 28.0. The van der Waals surface area contributed by atoms with Gasteiger partial charge in [-0.3, -0.25) is 14.5 Å². The minimum atomic E-state index is -0.0568. The number of piperazine rings is 1. The molecule has 1 aromatic rings. The lowest BCUT2D eigenvalue weighted by Gasteiger charge is -2.34. The molecule has 1 fully saturated rings. The van der Waals surface area contributed by atoms with Gasteiger partial charge < -0.3 is 10.2 Å². The molecule has 126 valence electrons. The van der Waals surface area contributed by atoms with Gasteiger partial charge in [0.2, 0.25) is 5.91 Å². The van der Waals surface area contributed by atoms with Gasteiger partial charge in [-0.1, -0.05) is 30.1 Å². The number of nitrogens with one attached hydrogen (secondary N) is 1. The van der Waals surface area contributed by atoms with Crippen molar-refractivity contribution in [2.24, 2.45) is 0 Å². The molecule has 0 aromatic heterocycles. The first-order valence-corrected chi connectivity index (χ1v) is 8.50. The van der Waals surface area contributed by atoms with Crippen molar-refractivity contribution in [1.29, 1.82) is 0 Å². The van der Waals surface area contributed by atoms with Crippen LogP contribution >= 0.6 is 23.2 Å². The minimum Gasteiger partial charge on any atom is -0.355 e. The van der Waals surface area contributed by atoms with Crippen LogP contribution in [0.15, 0.2) is 18.2 Å². The van der Waals surface area contributed by atoms with Gasteiger partial charge >= 0.3 is 0 Å². The van der Waals surface area contributed by atoms with Crippen LogP contribution in [0.3, 0.4) is 0 Å². The number of carbonyl (C=O) groups is 2. The predicted molar refractivity (Wildman–Crippen MR) is 92.1 cm³/mol. The molecule has 1 aliphatic rings. The number of hydrogen-bond acceptors (Lipinski definition) is 3. The average molecular weight is 358 g/mol. The molecule has 1 aromatic carbocycles. The van der Waals surface area contributed by atoms with Gasteiger partial charge in [-0.15, -0.1) is 0 Å². The molecule has 0 aliphatic carbocycles. The summed E-state index contributed by atoms with van der Waals surface area (Å²) in [5.41, 5.74) is 0.536. The van der Waals surface area contributed by atoms with E-state index in [2.05, 4.69) is 10.2 Å². The minimum absolute atomic E-state index is 0.0381. The third-order valence-electron chi connectivity index (χ3n) is 3.77. The van der Waals surface area contributed by atoms with Gasteiger partial charge in [-0.25, -0.2) is 0 Å². The SMILES string of the molecule is CCCNC(=O)CN1CCN(C(=O)c2ccc(Cl)c(Cl)c2)CC1. The Kier molecular flexibility index (Phi) is 6.69. The van der Waals surface area contributed by atoms with Crippen LogP contribution < -0.4 is 5.32 Å². The number of halogens is 2. The number of nitrogens with zero attached hydrogens (tertiary/aromatic N) is 2. The fourth-order valence-electron chi connectivity index (χ4n) is 2.44. The van der Waals surface area contributed by atoms with Gasteiger partial charge in [0.05, 0.1) is 16.6 Å². The summed E-state index contributed by atoms with van der Waals surface area (Å²) in [6, 6.07) is 4.91. The molecule has 0 radical (unpaired) electrons. The summed E-state index contributed by atoms with van der Waals surface area (Å²) in [6.45, 7) is 5.68. The number of amides is 2. The Hall–Kier alpha value is -1.30. The fraction of sp³-hybridized carbons (Fsp3) is 0.500. The summed E-state index contributed by atoms with van der Waals surface area (Å²) >= 11 is 11.8. The van der Waals surface area contributed by atoms with Crippen LogP contribution in [0.2, 0.25) is 10.0 Å². The molecular formula is C16H21Cl2N3O2. The van der Waals surface area contributed by atoms with E-state index in [1.165, 1.54) is 0 Å². The van der Waals surface area contributed by atoms with E-state index in [-0.39, 0.29) is 11.8 Å². The Balaban J connectivity index is 1.85. The van der Waals surface area contributed by atoms with Crippen molar-refractivity contribution >= 4 is 35.0 Å². The number of hydrogen-bond donors (Lipinski definition) is 1. The van der Waals surface area contributed by atoms with Crippen molar-refractivity contribution in [3.8, 4) is 0 Å². The molecule has 23 heavy (non-hydrogen) atoms. The fourth-order valence-corrected chi connectivity index (χ4v) is 2.74. The Morgan fingerprint density at radius 1 is 1.13 bits per heavy atom. The molecule has 2 rings (SSSR count). The third-order valence-corrected chi connectivity index (χ3v) is 4.50. The average Bonchev–Trinajstić information content (AvgIpc) is 2.55. The van der Waals surface area contributed by atoms with Crippen LogP contribution in [-0.2, 0) is 4.79 Å². The first kappa shape index (κ1) is 18.0. The first-order valence-electron chi connectivity index (χ1n) is 7.74. The van der Waals surface area contributed by atoms with Crippen molar-refractivity contribution in [3.05, 3.63) is 33.8 Å². The van der Waals surface area contributed by atoms with Crippen molar-refractivity contribution < 1.29 is 9.59 Å². The molecule has 1 N–H and O–H groups in total. The maximum Gasteiger partial charge on any atom is 0.253 e. The monoisotopic (exact) mass is 357 g/mol. The molecule has 0 saturated carbocycles. The topological polar surface area (TPSA) is 52.7 Å². The normalized spacial score (nSPS) is 15.5. The highest BCUT2D eigenvalue weighted by molar-refractivity contribution is 6.42. The number of rotatable bonds is 5. The molecule has 1 aliphatic heterocycles. The van der Waals surface area contributed by atoms with Crippen LogP contribution in [-0.4, -0.2) is 60.9 Å². The summed E-state index contributed by atoms with van der Waals surface area (Å²) in [6.07, 6.45) is 0.928. The van der Waals surface area contributed by atoms with E-state index in [4.69, 9.17) is 23.2 Å². The van der Waals surface area contributed by atoms with E-state index in [1.54, 1.807) is 23.1 Å². The molecule has 0 spiro atoms. The largest absolute Gasteiger partial charge is 0.355 e. The quantitative estimate of drug-likeness (QED) is 0.879. The maximum absolute atomic E-state index is 12.5. The Labute approximate surface area is 146 Å². The van der Waals surface area contributed by atoms with Gasteiger partial charge in [0.25, 0.3) is 5.91 Å². The zero-order valence-electron chi connectivity index (χ0n) is 13.1. The molecule has 0 unspecified atom stereocenters. The van der Waals surface area contributed by atoms with E-state index in [1.807, 2.05) is 6.92 Å². The molecule has 5 nitrogen and oxygen atoms in total. The van der Waals surface area contributed by atoms with Crippen molar-refractivity contribution in [2.45, 2.75) is 13.3 Å². The summed E-state index contributed by atoms with van der Waals surface area (Å²) in [5.74, 6) is -0.0187. The number of benzene rings is 1. The van der Waals surface area contributed by atoms with E-state index in [9.17, 15) is 9.59 Å². The predicted octanol–water partition coefficient (Wildman–Crippen LogP) is 2.28. The second kappa shape index (κ2) is 8.52. The van der Waals surface area contributed by atoms with E-state index in [0.717, 1.165) is 6.42 Å². The smallest absolute Gasteiger partial charge is 0.253 e. The van der Waals surface area contributed by atoms with Crippen molar-refractivity contribution in [2.75, 3.05) is 39.3 Å². The Morgan fingerprint density at radius 2 is 1.83 bits per heavy atom. The van der Waals surface area contributed by atoms with Gasteiger partial charge in [0, 0.05) is 38.3 Å². The highest BCUT2D eigenvalue weighted by Gasteiger charge is 2.23. The molecule has 0 atom stereocenters. The highest BCUT2D eigenvalue weighted by Crippen LogP contribution is 2.23. The Morgan fingerprint density at radius 3 is 2.43 bits per heavy atom. The third kappa shape index (κ3) is 5.09.